The Morgan fingerprint density at radius 2 is 2.14 bits per heavy atom. The summed E-state index contributed by atoms with van der Waals surface area (Å²) in [7, 11) is 1.55. The van der Waals surface area contributed by atoms with Crippen molar-refractivity contribution < 1.29 is 4.84 Å². The lowest BCUT2D eigenvalue weighted by Gasteiger charge is -1.96. The van der Waals surface area contributed by atoms with E-state index in [4.69, 9.17) is 4.84 Å². The number of hydrogen-bond acceptors (Lipinski definition) is 2. The molecule has 0 amide bonds. The van der Waals surface area contributed by atoms with Gasteiger partial charge in [0.1, 0.15) is 7.11 Å². The van der Waals surface area contributed by atoms with Gasteiger partial charge < -0.3 is 9.82 Å². The van der Waals surface area contributed by atoms with E-state index >= 15 is 0 Å². The van der Waals surface area contributed by atoms with Crippen LogP contribution in [0.2, 0.25) is 0 Å². The summed E-state index contributed by atoms with van der Waals surface area (Å²) in [6.07, 6.45) is 1.95. The molecule has 0 fully saturated rings. The van der Waals surface area contributed by atoms with Crippen LogP contribution in [-0.4, -0.2) is 17.8 Å². The lowest BCUT2D eigenvalue weighted by Crippen LogP contribution is -1.93. The van der Waals surface area contributed by atoms with Crippen LogP contribution in [0.25, 0.3) is 10.9 Å². The minimum atomic E-state index is 0.880. The number of oxime groups is 1. The molecule has 0 bridgehead atoms. The van der Waals surface area contributed by atoms with Gasteiger partial charge in [0.2, 0.25) is 0 Å². The van der Waals surface area contributed by atoms with Crippen molar-refractivity contribution in [1.82, 2.24) is 4.98 Å². The van der Waals surface area contributed by atoms with Gasteiger partial charge >= 0.3 is 0 Å². The fourth-order valence-electron chi connectivity index (χ4n) is 1.56. The molecule has 0 aliphatic heterocycles. The number of aromatic amines is 1. The van der Waals surface area contributed by atoms with E-state index in [1.807, 2.05) is 31.3 Å². The second-order valence-corrected chi connectivity index (χ2v) is 3.11. The SMILES string of the molecule is CON=C(C)c1c[nH]c2ccccc12. The van der Waals surface area contributed by atoms with E-state index in [0.29, 0.717) is 0 Å². The number of benzene rings is 1. The summed E-state index contributed by atoms with van der Waals surface area (Å²) in [6, 6.07) is 8.12. The highest BCUT2D eigenvalue weighted by molar-refractivity contribution is 6.09. The Balaban J connectivity index is 2.58. The predicted octanol–water partition coefficient (Wildman–Crippen LogP) is 2.54. The predicted molar refractivity (Wildman–Crippen MR) is 57.5 cm³/mol. The Bertz CT molecular complexity index is 471. The van der Waals surface area contributed by atoms with Gasteiger partial charge in [0.25, 0.3) is 0 Å². The van der Waals surface area contributed by atoms with E-state index in [-0.39, 0.29) is 0 Å². The number of hydrogen-bond donors (Lipinski definition) is 1. The van der Waals surface area contributed by atoms with Gasteiger partial charge in [-0.05, 0) is 13.0 Å². The Kier molecular flexibility index (Phi) is 2.23. The molecule has 1 aromatic heterocycles. The van der Waals surface area contributed by atoms with E-state index < -0.39 is 0 Å². The maximum absolute atomic E-state index is 4.75. The number of nitrogens with one attached hydrogen (secondary N) is 1. The molecular formula is C11H12N2O. The number of rotatable bonds is 2. The molecule has 0 aliphatic rings. The molecule has 2 aromatic rings. The summed E-state index contributed by atoms with van der Waals surface area (Å²) in [6.45, 7) is 1.93. The number of H-pyrrole nitrogens is 1. The normalized spacial score (nSPS) is 12.0. The summed E-state index contributed by atoms with van der Waals surface area (Å²) in [4.78, 5) is 7.94. The highest BCUT2D eigenvalue weighted by Crippen LogP contribution is 2.18. The van der Waals surface area contributed by atoms with Crippen LogP contribution in [0.5, 0.6) is 0 Å². The van der Waals surface area contributed by atoms with Crippen LogP contribution in [0, 0.1) is 0 Å². The summed E-state index contributed by atoms with van der Waals surface area (Å²) >= 11 is 0. The molecule has 0 unspecified atom stereocenters. The van der Waals surface area contributed by atoms with Crippen LogP contribution in [0.15, 0.2) is 35.6 Å². The monoisotopic (exact) mass is 188 g/mol. The number of fused-ring (bicyclic) bond motifs is 1. The molecular weight excluding hydrogens is 176 g/mol. The standard InChI is InChI=1S/C11H12N2O/c1-8(13-14-2)10-7-12-11-6-4-3-5-9(10)11/h3-7,12H,1-2H3. The molecule has 14 heavy (non-hydrogen) atoms. The van der Waals surface area contributed by atoms with Crippen molar-refractivity contribution in [3.8, 4) is 0 Å². The first-order valence-corrected chi connectivity index (χ1v) is 4.47. The van der Waals surface area contributed by atoms with Crippen LogP contribution < -0.4 is 0 Å². The Hall–Kier alpha value is -1.77. The van der Waals surface area contributed by atoms with E-state index in [2.05, 4.69) is 16.2 Å². The zero-order valence-electron chi connectivity index (χ0n) is 8.24. The van der Waals surface area contributed by atoms with Crippen molar-refractivity contribution in [3.05, 3.63) is 36.0 Å². The molecule has 0 saturated heterocycles. The minimum Gasteiger partial charge on any atom is -0.399 e. The minimum absolute atomic E-state index is 0.880. The third-order valence-corrected chi connectivity index (χ3v) is 2.21. The number of para-hydroxylation sites is 1. The maximum Gasteiger partial charge on any atom is 0.106 e. The van der Waals surface area contributed by atoms with Gasteiger partial charge in [0, 0.05) is 22.7 Å². The van der Waals surface area contributed by atoms with Crippen LogP contribution >= 0.6 is 0 Å². The van der Waals surface area contributed by atoms with E-state index in [1.165, 1.54) is 5.39 Å². The Morgan fingerprint density at radius 1 is 1.36 bits per heavy atom. The van der Waals surface area contributed by atoms with Crippen LogP contribution in [-0.2, 0) is 4.84 Å². The molecule has 3 nitrogen and oxygen atoms in total. The van der Waals surface area contributed by atoms with Gasteiger partial charge in [-0.2, -0.15) is 0 Å². The van der Waals surface area contributed by atoms with Crippen LogP contribution in [0.1, 0.15) is 12.5 Å². The van der Waals surface area contributed by atoms with Crippen molar-refractivity contribution in [2.75, 3.05) is 7.11 Å². The van der Waals surface area contributed by atoms with Crippen molar-refractivity contribution in [2.45, 2.75) is 6.92 Å². The zero-order chi connectivity index (χ0) is 9.97. The van der Waals surface area contributed by atoms with Gasteiger partial charge in [-0.15, -0.1) is 0 Å². The third-order valence-electron chi connectivity index (χ3n) is 2.21. The first kappa shape index (κ1) is 8.81. The van der Waals surface area contributed by atoms with Gasteiger partial charge in [-0.3, -0.25) is 0 Å². The molecule has 2 rings (SSSR count). The number of aromatic nitrogens is 1. The first-order valence-electron chi connectivity index (χ1n) is 4.47. The Morgan fingerprint density at radius 3 is 2.93 bits per heavy atom. The Labute approximate surface area is 82.4 Å². The van der Waals surface area contributed by atoms with E-state index in [1.54, 1.807) is 7.11 Å². The second-order valence-electron chi connectivity index (χ2n) is 3.11. The molecule has 0 atom stereocenters. The summed E-state index contributed by atoms with van der Waals surface area (Å²) in [5.74, 6) is 0. The average molecular weight is 188 g/mol. The first-order chi connectivity index (χ1) is 6.83. The smallest absolute Gasteiger partial charge is 0.106 e. The van der Waals surface area contributed by atoms with Gasteiger partial charge in [-0.25, -0.2) is 0 Å². The molecule has 0 spiro atoms. The van der Waals surface area contributed by atoms with Gasteiger partial charge in [0.05, 0.1) is 5.71 Å². The van der Waals surface area contributed by atoms with Gasteiger partial charge in [-0.1, -0.05) is 23.4 Å². The summed E-state index contributed by atoms with van der Waals surface area (Å²) in [5.41, 5.74) is 3.08. The fourth-order valence-corrected chi connectivity index (χ4v) is 1.56. The quantitative estimate of drug-likeness (QED) is 0.570. The molecule has 0 aliphatic carbocycles. The topological polar surface area (TPSA) is 37.4 Å². The van der Waals surface area contributed by atoms with Crippen molar-refractivity contribution in [1.29, 1.82) is 0 Å². The molecule has 1 aromatic carbocycles. The maximum atomic E-state index is 4.75. The highest BCUT2D eigenvalue weighted by Gasteiger charge is 2.05. The van der Waals surface area contributed by atoms with Crippen molar-refractivity contribution >= 4 is 16.6 Å². The average Bonchev–Trinajstić information content (AvgIpc) is 2.61. The second kappa shape index (κ2) is 3.54. The lowest BCUT2D eigenvalue weighted by molar-refractivity contribution is 0.213. The van der Waals surface area contributed by atoms with E-state index in [9.17, 15) is 0 Å². The van der Waals surface area contributed by atoms with Crippen LogP contribution in [0.3, 0.4) is 0 Å². The lowest BCUT2D eigenvalue weighted by atomic mass is 10.1. The van der Waals surface area contributed by atoms with Crippen LogP contribution in [0.4, 0.5) is 0 Å². The molecule has 0 saturated carbocycles. The summed E-state index contributed by atoms with van der Waals surface area (Å²) < 4.78 is 0. The zero-order valence-corrected chi connectivity index (χ0v) is 8.24. The molecule has 0 radical (unpaired) electrons. The van der Waals surface area contributed by atoms with Crippen molar-refractivity contribution in [3.63, 3.8) is 0 Å². The summed E-state index contributed by atoms with van der Waals surface area (Å²) in [5, 5.41) is 5.09. The molecule has 1 N–H and O–H groups in total. The van der Waals surface area contributed by atoms with E-state index in [0.717, 1.165) is 16.8 Å². The molecule has 3 heteroatoms. The molecule has 1 heterocycles. The number of nitrogens with zero attached hydrogens (tertiary/aromatic N) is 1. The molecule has 72 valence electrons. The highest BCUT2D eigenvalue weighted by atomic mass is 16.6. The van der Waals surface area contributed by atoms with Crippen molar-refractivity contribution in [2.24, 2.45) is 5.16 Å². The fraction of sp³-hybridized carbons (Fsp3) is 0.182. The largest absolute Gasteiger partial charge is 0.399 e. The van der Waals surface area contributed by atoms with Gasteiger partial charge in [0.15, 0.2) is 0 Å². The third kappa shape index (κ3) is 1.37.